The lowest BCUT2D eigenvalue weighted by molar-refractivity contribution is -0.134. The SMILES string of the molecule is COc1ccc(NC(=O)NC(=O)CN2C(=O)NC(C)(c3ccc(F)c(F)c3)C2=O)cc1. The van der Waals surface area contributed by atoms with E-state index in [9.17, 15) is 28.0 Å². The predicted octanol–water partition coefficient (Wildman–Crippen LogP) is 2.09. The van der Waals surface area contributed by atoms with Gasteiger partial charge in [-0.15, -0.1) is 0 Å². The van der Waals surface area contributed by atoms with Crippen LogP contribution in [0.5, 0.6) is 5.75 Å². The number of ether oxygens (including phenoxy) is 1. The second kappa shape index (κ2) is 8.38. The number of urea groups is 2. The van der Waals surface area contributed by atoms with Crippen molar-refractivity contribution in [1.82, 2.24) is 15.5 Å². The number of methoxy groups -OCH3 is 1. The summed E-state index contributed by atoms with van der Waals surface area (Å²) in [5.74, 6) is -3.50. The first-order valence-corrected chi connectivity index (χ1v) is 8.98. The quantitative estimate of drug-likeness (QED) is 0.626. The number of nitrogens with zero attached hydrogens (tertiary/aromatic N) is 1. The van der Waals surface area contributed by atoms with Crippen molar-refractivity contribution in [3.8, 4) is 5.75 Å². The fraction of sp³-hybridized carbons (Fsp3) is 0.200. The van der Waals surface area contributed by atoms with Crippen LogP contribution in [-0.4, -0.2) is 42.4 Å². The Hall–Kier alpha value is -4.02. The number of amides is 6. The Labute approximate surface area is 175 Å². The van der Waals surface area contributed by atoms with Gasteiger partial charge in [-0.2, -0.15) is 0 Å². The van der Waals surface area contributed by atoms with Gasteiger partial charge in [0.15, 0.2) is 11.6 Å². The molecule has 31 heavy (non-hydrogen) atoms. The third-order valence-corrected chi connectivity index (χ3v) is 4.67. The molecule has 1 saturated heterocycles. The number of carbonyl (C=O) groups excluding carboxylic acids is 4. The van der Waals surface area contributed by atoms with Crippen LogP contribution in [0.15, 0.2) is 42.5 Å². The molecule has 1 aliphatic rings. The zero-order chi connectivity index (χ0) is 22.8. The van der Waals surface area contributed by atoms with E-state index in [1.54, 1.807) is 24.3 Å². The molecule has 1 heterocycles. The summed E-state index contributed by atoms with van der Waals surface area (Å²) in [4.78, 5) is 49.7. The number of anilines is 1. The van der Waals surface area contributed by atoms with Crippen molar-refractivity contribution < 1.29 is 32.7 Å². The van der Waals surface area contributed by atoms with Crippen molar-refractivity contribution in [3.05, 3.63) is 59.7 Å². The first-order valence-electron chi connectivity index (χ1n) is 8.98. The summed E-state index contributed by atoms with van der Waals surface area (Å²) >= 11 is 0. The number of rotatable bonds is 5. The molecule has 1 fully saturated rings. The third kappa shape index (κ3) is 4.44. The maximum atomic E-state index is 13.6. The Bertz CT molecular complexity index is 1060. The van der Waals surface area contributed by atoms with Crippen molar-refractivity contribution in [1.29, 1.82) is 0 Å². The Balaban J connectivity index is 1.64. The molecule has 1 atom stereocenters. The molecule has 0 radical (unpaired) electrons. The van der Waals surface area contributed by atoms with E-state index in [-0.39, 0.29) is 5.56 Å². The van der Waals surface area contributed by atoms with Gasteiger partial charge in [-0.1, -0.05) is 6.07 Å². The summed E-state index contributed by atoms with van der Waals surface area (Å²) in [5.41, 5.74) is -1.31. The molecule has 0 aromatic heterocycles. The molecule has 11 heteroatoms. The molecule has 0 bridgehead atoms. The van der Waals surface area contributed by atoms with Crippen LogP contribution in [0.25, 0.3) is 0 Å². The Morgan fingerprint density at radius 2 is 1.77 bits per heavy atom. The number of imide groups is 2. The molecule has 2 aromatic carbocycles. The van der Waals surface area contributed by atoms with Crippen LogP contribution in [0, 0.1) is 11.6 Å². The Morgan fingerprint density at radius 1 is 1.10 bits per heavy atom. The molecule has 1 aliphatic heterocycles. The summed E-state index contributed by atoms with van der Waals surface area (Å²) in [6.45, 7) is 0.550. The summed E-state index contributed by atoms with van der Waals surface area (Å²) < 4.78 is 31.8. The lowest BCUT2D eigenvalue weighted by Crippen LogP contribution is -2.45. The zero-order valence-corrected chi connectivity index (χ0v) is 16.5. The lowest BCUT2D eigenvalue weighted by atomic mass is 9.92. The molecule has 3 N–H and O–H groups in total. The number of carbonyl (C=O) groups is 4. The van der Waals surface area contributed by atoms with Gasteiger partial charge >= 0.3 is 12.1 Å². The van der Waals surface area contributed by atoms with E-state index >= 15 is 0 Å². The predicted molar refractivity (Wildman–Crippen MR) is 104 cm³/mol. The fourth-order valence-electron chi connectivity index (χ4n) is 2.99. The second-order valence-corrected chi connectivity index (χ2v) is 6.81. The maximum absolute atomic E-state index is 13.6. The van der Waals surface area contributed by atoms with E-state index < -0.39 is 47.6 Å². The molecule has 3 rings (SSSR count). The van der Waals surface area contributed by atoms with E-state index in [0.29, 0.717) is 16.3 Å². The van der Waals surface area contributed by atoms with Crippen molar-refractivity contribution >= 4 is 29.6 Å². The van der Waals surface area contributed by atoms with Crippen LogP contribution in [0.2, 0.25) is 0 Å². The first kappa shape index (κ1) is 21.7. The average Bonchev–Trinajstić information content (AvgIpc) is 2.94. The lowest BCUT2D eigenvalue weighted by Gasteiger charge is -2.22. The van der Waals surface area contributed by atoms with Crippen LogP contribution < -0.4 is 20.7 Å². The average molecular weight is 432 g/mol. The monoisotopic (exact) mass is 432 g/mol. The zero-order valence-electron chi connectivity index (χ0n) is 16.5. The summed E-state index contributed by atoms with van der Waals surface area (Å²) in [5, 5.41) is 6.78. The number of nitrogens with one attached hydrogen (secondary N) is 3. The highest BCUT2D eigenvalue weighted by Crippen LogP contribution is 2.29. The second-order valence-electron chi connectivity index (χ2n) is 6.81. The standard InChI is InChI=1S/C20H18F2N4O5/c1-20(11-3-8-14(21)15(22)9-11)17(28)26(19(30)25-20)10-16(27)24-18(29)23-12-4-6-13(31-2)7-5-12/h3-9H,10H2,1-2H3,(H,25,30)(H2,23,24,27,29). The van der Waals surface area contributed by atoms with Crippen molar-refractivity contribution in [2.75, 3.05) is 19.0 Å². The van der Waals surface area contributed by atoms with Gasteiger partial charge in [0.25, 0.3) is 5.91 Å². The van der Waals surface area contributed by atoms with Gasteiger partial charge in [-0.25, -0.2) is 18.4 Å². The highest BCUT2D eigenvalue weighted by atomic mass is 19.2. The summed E-state index contributed by atoms with van der Waals surface area (Å²) in [6.07, 6.45) is 0. The van der Waals surface area contributed by atoms with Crippen LogP contribution in [0.4, 0.5) is 24.1 Å². The van der Waals surface area contributed by atoms with Crippen LogP contribution in [0.3, 0.4) is 0 Å². The van der Waals surface area contributed by atoms with Gasteiger partial charge in [-0.05, 0) is 48.9 Å². The van der Waals surface area contributed by atoms with Crippen molar-refractivity contribution in [2.24, 2.45) is 0 Å². The van der Waals surface area contributed by atoms with Crippen LogP contribution >= 0.6 is 0 Å². The molecule has 0 aliphatic carbocycles. The van der Waals surface area contributed by atoms with E-state index in [1.165, 1.54) is 14.0 Å². The minimum atomic E-state index is -1.70. The van der Waals surface area contributed by atoms with Crippen molar-refractivity contribution in [3.63, 3.8) is 0 Å². The minimum Gasteiger partial charge on any atom is -0.497 e. The van der Waals surface area contributed by atoms with Crippen LogP contribution in [-0.2, 0) is 15.1 Å². The molecule has 0 saturated carbocycles. The number of hydrogen-bond donors (Lipinski definition) is 3. The van der Waals surface area contributed by atoms with Crippen molar-refractivity contribution in [2.45, 2.75) is 12.5 Å². The summed E-state index contributed by atoms with van der Waals surface area (Å²) in [7, 11) is 1.49. The van der Waals surface area contributed by atoms with E-state index in [0.717, 1.165) is 18.2 Å². The van der Waals surface area contributed by atoms with Gasteiger partial charge in [-0.3, -0.25) is 19.8 Å². The number of benzene rings is 2. The van der Waals surface area contributed by atoms with E-state index in [4.69, 9.17) is 4.74 Å². The van der Waals surface area contributed by atoms with Gasteiger partial charge in [0.05, 0.1) is 7.11 Å². The molecular weight excluding hydrogens is 414 g/mol. The molecule has 1 unspecified atom stereocenters. The largest absolute Gasteiger partial charge is 0.497 e. The van der Waals surface area contributed by atoms with E-state index in [2.05, 4.69) is 10.6 Å². The minimum absolute atomic E-state index is 0.00454. The van der Waals surface area contributed by atoms with E-state index in [1.807, 2.05) is 5.32 Å². The summed E-state index contributed by atoms with van der Waals surface area (Å²) in [6, 6.07) is 7.29. The number of halogens is 2. The normalized spacial score (nSPS) is 17.9. The first-order chi connectivity index (χ1) is 14.6. The fourth-order valence-corrected chi connectivity index (χ4v) is 2.99. The van der Waals surface area contributed by atoms with Crippen LogP contribution in [0.1, 0.15) is 12.5 Å². The molecule has 0 spiro atoms. The molecule has 2 aromatic rings. The van der Waals surface area contributed by atoms with Gasteiger partial charge in [0, 0.05) is 5.69 Å². The smallest absolute Gasteiger partial charge is 0.325 e. The van der Waals surface area contributed by atoms with Gasteiger partial charge in [0.2, 0.25) is 5.91 Å². The molecular formula is C20H18F2N4O5. The highest BCUT2D eigenvalue weighted by molar-refractivity contribution is 6.10. The molecule has 162 valence electrons. The highest BCUT2D eigenvalue weighted by Gasteiger charge is 2.49. The Morgan fingerprint density at radius 3 is 2.39 bits per heavy atom. The van der Waals surface area contributed by atoms with Gasteiger partial charge in [0.1, 0.15) is 17.8 Å². The molecule has 9 nitrogen and oxygen atoms in total. The Kier molecular flexibility index (Phi) is 5.86. The third-order valence-electron chi connectivity index (χ3n) is 4.67. The van der Waals surface area contributed by atoms with Gasteiger partial charge < -0.3 is 15.4 Å². The molecule has 6 amide bonds. The maximum Gasteiger partial charge on any atom is 0.325 e. The number of hydrogen-bond acceptors (Lipinski definition) is 5. The topological polar surface area (TPSA) is 117 Å².